The molecule has 0 radical (unpaired) electrons. The number of amides is 2. The van der Waals surface area contributed by atoms with Gasteiger partial charge in [-0.15, -0.1) is 0 Å². The molecule has 0 saturated heterocycles. The summed E-state index contributed by atoms with van der Waals surface area (Å²) in [5, 5.41) is 2.92. The van der Waals surface area contributed by atoms with Crippen molar-refractivity contribution in [1.82, 2.24) is 0 Å². The molecule has 2 amide bonds. The highest BCUT2D eigenvalue weighted by Gasteiger charge is 2.32. The average molecular weight is 372 g/mol. The van der Waals surface area contributed by atoms with Crippen molar-refractivity contribution in [3.63, 3.8) is 0 Å². The fraction of sp³-hybridized carbons (Fsp3) is 0.130. The molecule has 0 fully saturated rings. The predicted molar refractivity (Wildman–Crippen MR) is 109 cm³/mol. The summed E-state index contributed by atoms with van der Waals surface area (Å²) in [4.78, 5) is 27.7. The molecule has 1 aliphatic heterocycles. The minimum atomic E-state index is -0.281. The van der Waals surface area contributed by atoms with E-state index >= 15 is 0 Å². The van der Waals surface area contributed by atoms with Crippen LogP contribution in [0, 0.1) is 6.92 Å². The van der Waals surface area contributed by atoms with Crippen LogP contribution in [0.15, 0.2) is 66.7 Å². The largest absolute Gasteiger partial charge is 0.497 e. The lowest BCUT2D eigenvalue weighted by Gasteiger charge is -2.16. The molecule has 1 N–H and O–H groups in total. The van der Waals surface area contributed by atoms with Crippen LogP contribution in [0.2, 0.25) is 0 Å². The van der Waals surface area contributed by atoms with Gasteiger partial charge in [0.1, 0.15) is 5.75 Å². The summed E-state index contributed by atoms with van der Waals surface area (Å²) >= 11 is 0. The maximum absolute atomic E-state index is 13.1. The first-order valence-electron chi connectivity index (χ1n) is 9.03. The van der Waals surface area contributed by atoms with E-state index in [1.807, 2.05) is 67.6 Å². The fourth-order valence-corrected chi connectivity index (χ4v) is 3.42. The SMILES string of the molecule is COc1ccc(N2Cc3cccc(C(=O)Nc4ccccc4C)c3C2=O)cc1. The number of aryl methyl sites for hydroxylation is 1. The van der Waals surface area contributed by atoms with Crippen LogP contribution in [-0.2, 0) is 6.54 Å². The highest BCUT2D eigenvalue weighted by Crippen LogP contribution is 2.31. The number of benzene rings is 3. The molecule has 0 bridgehead atoms. The van der Waals surface area contributed by atoms with Gasteiger partial charge in [0.05, 0.1) is 24.8 Å². The van der Waals surface area contributed by atoms with Gasteiger partial charge in [-0.05, 0) is 54.4 Å². The molecule has 28 heavy (non-hydrogen) atoms. The van der Waals surface area contributed by atoms with Gasteiger partial charge in [0.25, 0.3) is 11.8 Å². The Balaban J connectivity index is 1.64. The summed E-state index contributed by atoms with van der Waals surface area (Å²) in [6.45, 7) is 2.37. The van der Waals surface area contributed by atoms with Gasteiger partial charge in [-0.1, -0.05) is 30.3 Å². The summed E-state index contributed by atoms with van der Waals surface area (Å²) in [5.41, 5.74) is 4.17. The Hall–Kier alpha value is -3.60. The molecule has 1 aliphatic rings. The van der Waals surface area contributed by atoms with Crippen molar-refractivity contribution in [2.75, 3.05) is 17.3 Å². The van der Waals surface area contributed by atoms with Gasteiger partial charge in [-0.2, -0.15) is 0 Å². The molecule has 0 aromatic heterocycles. The second-order valence-corrected chi connectivity index (χ2v) is 6.70. The van der Waals surface area contributed by atoms with E-state index in [0.29, 0.717) is 17.7 Å². The summed E-state index contributed by atoms with van der Waals surface area (Å²) in [6.07, 6.45) is 0. The molecule has 3 aromatic rings. The minimum Gasteiger partial charge on any atom is -0.497 e. The first-order chi connectivity index (χ1) is 13.6. The molecule has 0 aliphatic carbocycles. The number of nitrogens with one attached hydrogen (secondary N) is 1. The van der Waals surface area contributed by atoms with Gasteiger partial charge in [0.15, 0.2) is 0 Å². The van der Waals surface area contributed by atoms with Gasteiger partial charge in [-0.3, -0.25) is 9.59 Å². The molecule has 0 atom stereocenters. The van der Waals surface area contributed by atoms with Crippen molar-refractivity contribution in [2.24, 2.45) is 0 Å². The number of para-hydroxylation sites is 1. The second-order valence-electron chi connectivity index (χ2n) is 6.70. The van der Waals surface area contributed by atoms with Crippen molar-refractivity contribution in [1.29, 1.82) is 0 Å². The standard InChI is InChI=1S/C23H20N2O3/c1-15-6-3-4-9-20(15)24-22(26)19-8-5-7-16-14-25(23(27)21(16)19)17-10-12-18(28-2)13-11-17/h3-13H,14H2,1-2H3,(H,24,26). The van der Waals surface area contributed by atoms with Crippen LogP contribution >= 0.6 is 0 Å². The lowest BCUT2D eigenvalue weighted by atomic mass is 10.0. The number of rotatable bonds is 4. The Morgan fingerprint density at radius 2 is 1.75 bits per heavy atom. The van der Waals surface area contributed by atoms with Gasteiger partial charge in [-0.25, -0.2) is 0 Å². The fourth-order valence-electron chi connectivity index (χ4n) is 3.42. The lowest BCUT2D eigenvalue weighted by Crippen LogP contribution is -2.24. The monoisotopic (exact) mass is 372 g/mol. The smallest absolute Gasteiger partial charge is 0.259 e. The molecule has 3 aromatic carbocycles. The van der Waals surface area contributed by atoms with Crippen LogP contribution in [0.1, 0.15) is 31.8 Å². The number of anilines is 2. The molecule has 5 heteroatoms. The van der Waals surface area contributed by atoms with E-state index in [-0.39, 0.29) is 11.8 Å². The van der Waals surface area contributed by atoms with Gasteiger partial charge in [0, 0.05) is 11.4 Å². The number of hydrogen-bond acceptors (Lipinski definition) is 3. The normalized spacial score (nSPS) is 12.6. The number of ether oxygens (including phenoxy) is 1. The Bertz CT molecular complexity index is 1060. The van der Waals surface area contributed by atoms with Crippen molar-refractivity contribution >= 4 is 23.2 Å². The third-order valence-electron chi connectivity index (χ3n) is 4.96. The van der Waals surface area contributed by atoms with Gasteiger partial charge >= 0.3 is 0 Å². The third kappa shape index (κ3) is 3.11. The molecule has 0 spiro atoms. The molecule has 1 heterocycles. The van der Waals surface area contributed by atoms with E-state index in [1.54, 1.807) is 18.1 Å². The van der Waals surface area contributed by atoms with E-state index in [0.717, 1.165) is 28.3 Å². The van der Waals surface area contributed by atoms with E-state index < -0.39 is 0 Å². The second kappa shape index (κ2) is 7.19. The number of carbonyl (C=O) groups excluding carboxylic acids is 2. The zero-order valence-corrected chi connectivity index (χ0v) is 15.7. The van der Waals surface area contributed by atoms with Gasteiger partial charge < -0.3 is 15.0 Å². The van der Waals surface area contributed by atoms with Crippen molar-refractivity contribution in [3.8, 4) is 5.75 Å². The Kier molecular flexibility index (Phi) is 4.57. The molecular weight excluding hydrogens is 352 g/mol. The highest BCUT2D eigenvalue weighted by molar-refractivity contribution is 6.18. The Morgan fingerprint density at radius 1 is 1.00 bits per heavy atom. The van der Waals surface area contributed by atoms with Crippen LogP contribution < -0.4 is 15.0 Å². The maximum Gasteiger partial charge on any atom is 0.259 e. The molecule has 4 rings (SSSR count). The summed E-state index contributed by atoms with van der Waals surface area (Å²) in [5.74, 6) is 0.276. The summed E-state index contributed by atoms with van der Waals surface area (Å²) in [6, 6.07) is 20.3. The van der Waals surface area contributed by atoms with Gasteiger partial charge in [0.2, 0.25) is 0 Å². The molecular formula is C23H20N2O3. The van der Waals surface area contributed by atoms with Crippen LogP contribution in [-0.4, -0.2) is 18.9 Å². The van der Waals surface area contributed by atoms with Crippen LogP contribution in [0.4, 0.5) is 11.4 Å². The van der Waals surface area contributed by atoms with Crippen molar-refractivity contribution in [3.05, 3.63) is 89.0 Å². The quantitative estimate of drug-likeness (QED) is 0.738. The molecule has 0 saturated carbocycles. The zero-order valence-electron chi connectivity index (χ0n) is 15.7. The third-order valence-corrected chi connectivity index (χ3v) is 4.96. The number of hydrogen-bond donors (Lipinski definition) is 1. The van der Waals surface area contributed by atoms with Crippen LogP contribution in [0.3, 0.4) is 0 Å². The van der Waals surface area contributed by atoms with E-state index in [9.17, 15) is 9.59 Å². The number of carbonyl (C=O) groups is 2. The van der Waals surface area contributed by atoms with Crippen molar-refractivity contribution < 1.29 is 14.3 Å². The number of nitrogens with zero attached hydrogens (tertiary/aromatic N) is 1. The summed E-state index contributed by atoms with van der Waals surface area (Å²) in [7, 11) is 1.60. The predicted octanol–water partition coefficient (Wildman–Crippen LogP) is 4.42. The van der Waals surface area contributed by atoms with E-state index in [4.69, 9.17) is 4.74 Å². The Morgan fingerprint density at radius 3 is 2.46 bits per heavy atom. The maximum atomic E-state index is 13.1. The molecule has 0 unspecified atom stereocenters. The summed E-state index contributed by atoms with van der Waals surface area (Å²) < 4.78 is 5.18. The van der Waals surface area contributed by atoms with Crippen LogP contribution in [0.25, 0.3) is 0 Å². The highest BCUT2D eigenvalue weighted by atomic mass is 16.5. The molecule has 5 nitrogen and oxygen atoms in total. The minimum absolute atomic E-state index is 0.171. The number of methoxy groups -OCH3 is 1. The van der Waals surface area contributed by atoms with E-state index in [1.165, 1.54) is 0 Å². The average Bonchev–Trinajstić information content (AvgIpc) is 3.06. The van der Waals surface area contributed by atoms with Crippen molar-refractivity contribution in [2.45, 2.75) is 13.5 Å². The topological polar surface area (TPSA) is 58.6 Å². The first-order valence-corrected chi connectivity index (χ1v) is 9.03. The molecule has 140 valence electrons. The lowest BCUT2D eigenvalue weighted by molar-refractivity contribution is 0.0976. The van der Waals surface area contributed by atoms with Crippen LogP contribution in [0.5, 0.6) is 5.75 Å². The Labute approximate surface area is 163 Å². The first kappa shape index (κ1) is 17.8. The van der Waals surface area contributed by atoms with E-state index in [2.05, 4.69) is 5.32 Å². The zero-order chi connectivity index (χ0) is 19.7. The number of fused-ring (bicyclic) bond motifs is 1.